The Bertz CT molecular complexity index is 282. The minimum Gasteiger partial charge on any atom is -0.481 e. The zero-order valence-electron chi connectivity index (χ0n) is 10.5. The second-order valence-electron chi connectivity index (χ2n) is 4.22. The van der Waals surface area contributed by atoms with Crippen LogP contribution in [0.25, 0.3) is 0 Å². The predicted octanol–water partition coefficient (Wildman–Crippen LogP) is 0.671. The first-order chi connectivity index (χ1) is 8.61. The highest BCUT2D eigenvalue weighted by Gasteiger charge is 2.17. The number of carboxylic acid groups (broad SMARTS) is 1. The topological polar surface area (TPSA) is 87.7 Å². The third-order valence-electron chi connectivity index (χ3n) is 2.72. The molecule has 0 radical (unpaired) electrons. The van der Waals surface area contributed by atoms with E-state index in [0.29, 0.717) is 0 Å². The molecule has 1 heterocycles. The third kappa shape index (κ3) is 6.11. The highest BCUT2D eigenvalue weighted by molar-refractivity contribution is 7.99. The Morgan fingerprint density at radius 2 is 2.33 bits per heavy atom. The number of rotatable bonds is 6. The lowest BCUT2D eigenvalue weighted by molar-refractivity contribution is -0.139. The van der Waals surface area contributed by atoms with E-state index >= 15 is 0 Å². The number of urea groups is 1. The molecule has 2 unspecified atom stereocenters. The van der Waals surface area contributed by atoms with Crippen LogP contribution in [0, 0.1) is 0 Å². The molecule has 0 aromatic heterocycles. The summed E-state index contributed by atoms with van der Waals surface area (Å²) in [4.78, 5) is 22.1. The molecule has 0 aromatic carbocycles. The molecule has 0 spiro atoms. The molecule has 1 fully saturated rings. The van der Waals surface area contributed by atoms with Gasteiger partial charge in [-0.1, -0.05) is 0 Å². The number of nitrogens with one attached hydrogen (secondary N) is 2. The molecule has 2 atom stereocenters. The van der Waals surface area contributed by atoms with E-state index in [4.69, 9.17) is 9.84 Å². The summed E-state index contributed by atoms with van der Waals surface area (Å²) in [6.07, 6.45) is 1.52. The second kappa shape index (κ2) is 8.20. The average molecular weight is 276 g/mol. The summed E-state index contributed by atoms with van der Waals surface area (Å²) in [7, 11) is 1.44. The fraction of sp³-hybridized carbons (Fsp3) is 0.818. The minimum atomic E-state index is -0.937. The van der Waals surface area contributed by atoms with Gasteiger partial charge in [-0.05, 0) is 18.6 Å². The van der Waals surface area contributed by atoms with E-state index in [1.807, 2.05) is 11.8 Å². The quantitative estimate of drug-likeness (QED) is 0.663. The molecular weight excluding hydrogens is 256 g/mol. The Morgan fingerprint density at radius 1 is 1.56 bits per heavy atom. The Balaban J connectivity index is 2.20. The summed E-state index contributed by atoms with van der Waals surface area (Å²) in [5.41, 5.74) is 0. The van der Waals surface area contributed by atoms with Crippen molar-refractivity contribution in [3.05, 3.63) is 0 Å². The molecule has 1 rings (SSSR count). The van der Waals surface area contributed by atoms with Gasteiger partial charge in [-0.15, -0.1) is 0 Å². The van der Waals surface area contributed by atoms with Crippen molar-refractivity contribution >= 4 is 23.8 Å². The Morgan fingerprint density at radius 3 is 2.89 bits per heavy atom. The van der Waals surface area contributed by atoms with Crippen molar-refractivity contribution < 1.29 is 19.4 Å². The van der Waals surface area contributed by atoms with Gasteiger partial charge in [0.1, 0.15) is 0 Å². The van der Waals surface area contributed by atoms with Crippen LogP contribution in [0.4, 0.5) is 4.79 Å². The lowest BCUT2D eigenvalue weighted by atomic mass is 10.2. The summed E-state index contributed by atoms with van der Waals surface area (Å²) in [5, 5.41) is 14.1. The van der Waals surface area contributed by atoms with E-state index in [1.165, 1.54) is 7.11 Å². The van der Waals surface area contributed by atoms with E-state index in [-0.39, 0.29) is 25.0 Å². The molecule has 0 bridgehead atoms. The van der Waals surface area contributed by atoms with Crippen molar-refractivity contribution in [2.45, 2.75) is 31.4 Å². The maximum absolute atomic E-state index is 11.6. The summed E-state index contributed by atoms with van der Waals surface area (Å²) in [6, 6.07) is -0.0424. The largest absolute Gasteiger partial charge is 0.481 e. The molecule has 2 amide bonds. The smallest absolute Gasteiger partial charge is 0.315 e. The van der Waals surface area contributed by atoms with E-state index in [9.17, 15) is 9.59 Å². The van der Waals surface area contributed by atoms with Gasteiger partial charge in [0, 0.05) is 25.4 Å². The molecule has 0 aromatic rings. The zero-order valence-corrected chi connectivity index (χ0v) is 11.3. The summed E-state index contributed by atoms with van der Waals surface area (Å²) in [5.74, 6) is 1.16. The first kappa shape index (κ1) is 15.1. The van der Waals surface area contributed by atoms with Gasteiger partial charge in [0.05, 0.1) is 12.5 Å². The Kier molecular flexibility index (Phi) is 6.89. The summed E-state index contributed by atoms with van der Waals surface area (Å²) in [6.45, 7) is 0.203. The van der Waals surface area contributed by atoms with Crippen LogP contribution in [0.2, 0.25) is 0 Å². The van der Waals surface area contributed by atoms with Crippen LogP contribution >= 0.6 is 11.8 Å². The number of carbonyl (C=O) groups excluding carboxylic acids is 1. The summed E-state index contributed by atoms with van der Waals surface area (Å²) >= 11 is 1.84. The lowest BCUT2D eigenvalue weighted by Gasteiger charge is -2.23. The van der Waals surface area contributed by atoms with Gasteiger partial charge in [-0.3, -0.25) is 4.79 Å². The maximum Gasteiger partial charge on any atom is 0.315 e. The lowest BCUT2D eigenvalue weighted by Crippen LogP contribution is -2.46. The molecule has 3 N–H and O–H groups in total. The van der Waals surface area contributed by atoms with Crippen LogP contribution in [0.1, 0.15) is 19.3 Å². The first-order valence-electron chi connectivity index (χ1n) is 5.98. The van der Waals surface area contributed by atoms with Crippen molar-refractivity contribution in [1.82, 2.24) is 10.6 Å². The van der Waals surface area contributed by atoms with Gasteiger partial charge >= 0.3 is 12.0 Å². The van der Waals surface area contributed by atoms with Gasteiger partial charge in [-0.2, -0.15) is 11.8 Å². The number of hydrogen-bond donors (Lipinski definition) is 3. The van der Waals surface area contributed by atoms with Crippen LogP contribution in [0.5, 0.6) is 0 Å². The number of hydrogen-bond acceptors (Lipinski definition) is 4. The van der Waals surface area contributed by atoms with E-state index in [2.05, 4.69) is 10.6 Å². The molecule has 1 aliphatic rings. The van der Waals surface area contributed by atoms with Gasteiger partial charge in [0.2, 0.25) is 0 Å². The van der Waals surface area contributed by atoms with Crippen molar-refractivity contribution in [1.29, 1.82) is 0 Å². The molecule has 104 valence electrons. The molecular formula is C11H20N2O4S. The monoisotopic (exact) mass is 276 g/mol. The fourth-order valence-electron chi connectivity index (χ4n) is 1.73. The van der Waals surface area contributed by atoms with E-state index in [0.717, 1.165) is 24.3 Å². The normalized spacial score (nSPS) is 21.1. The van der Waals surface area contributed by atoms with Crippen molar-refractivity contribution in [3.8, 4) is 0 Å². The highest BCUT2D eigenvalue weighted by Crippen LogP contribution is 2.16. The fourth-order valence-corrected chi connectivity index (χ4v) is 2.80. The average Bonchev–Trinajstić information content (AvgIpc) is 2.35. The molecule has 1 aliphatic heterocycles. The number of methoxy groups -OCH3 is 1. The molecule has 0 aliphatic carbocycles. The SMILES string of the molecule is COC(CNC(=O)NC1CCCSC1)CC(=O)O. The van der Waals surface area contributed by atoms with E-state index in [1.54, 1.807) is 0 Å². The van der Waals surface area contributed by atoms with Gasteiger partial charge in [0.15, 0.2) is 0 Å². The van der Waals surface area contributed by atoms with Crippen LogP contribution in [0.15, 0.2) is 0 Å². The molecule has 18 heavy (non-hydrogen) atoms. The van der Waals surface area contributed by atoms with Crippen LogP contribution in [-0.2, 0) is 9.53 Å². The van der Waals surface area contributed by atoms with Crippen molar-refractivity contribution in [2.24, 2.45) is 0 Å². The van der Waals surface area contributed by atoms with Gasteiger partial charge in [0.25, 0.3) is 0 Å². The minimum absolute atomic E-state index is 0.115. The van der Waals surface area contributed by atoms with Crippen molar-refractivity contribution in [3.63, 3.8) is 0 Å². The molecule has 1 saturated heterocycles. The van der Waals surface area contributed by atoms with Crippen LogP contribution < -0.4 is 10.6 Å². The highest BCUT2D eigenvalue weighted by atomic mass is 32.2. The van der Waals surface area contributed by atoms with Crippen molar-refractivity contribution in [2.75, 3.05) is 25.2 Å². The van der Waals surface area contributed by atoms with E-state index < -0.39 is 12.1 Å². The maximum atomic E-state index is 11.6. The Labute approximate surface area is 111 Å². The Hall–Kier alpha value is -0.950. The second-order valence-corrected chi connectivity index (χ2v) is 5.37. The zero-order chi connectivity index (χ0) is 13.4. The number of thioether (sulfide) groups is 1. The number of ether oxygens (including phenoxy) is 1. The number of carboxylic acids is 1. The molecule has 6 nitrogen and oxygen atoms in total. The third-order valence-corrected chi connectivity index (χ3v) is 3.94. The first-order valence-corrected chi connectivity index (χ1v) is 7.14. The van der Waals surface area contributed by atoms with Gasteiger partial charge in [-0.25, -0.2) is 4.79 Å². The number of amides is 2. The molecule has 0 saturated carbocycles. The predicted molar refractivity (Wildman–Crippen MR) is 69.9 cm³/mol. The summed E-state index contributed by atoms with van der Waals surface area (Å²) < 4.78 is 4.97. The number of carbonyl (C=O) groups is 2. The standard InChI is InChI=1S/C11H20N2O4S/c1-17-9(5-10(14)15)6-12-11(16)13-8-3-2-4-18-7-8/h8-9H,2-7H2,1H3,(H,14,15)(H2,12,13,16). The van der Waals surface area contributed by atoms with Gasteiger partial charge < -0.3 is 20.5 Å². The molecule has 7 heteroatoms. The van der Waals surface area contributed by atoms with Crippen LogP contribution in [0.3, 0.4) is 0 Å². The number of aliphatic carboxylic acids is 1. The van der Waals surface area contributed by atoms with Crippen LogP contribution in [-0.4, -0.2) is 54.4 Å².